The van der Waals surface area contributed by atoms with E-state index in [-0.39, 0.29) is 11.5 Å². The van der Waals surface area contributed by atoms with Crippen molar-refractivity contribution >= 4 is 27.3 Å². The van der Waals surface area contributed by atoms with E-state index in [0.29, 0.717) is 23.0 Å². The second kappa shape index (κ2) is 6.67. The molecule has 0 aromatic heterocycles. The first kappa shape index (κ1) is 15.4. The third kappa shape index (κ3) is 3.58. The Hall–Kier alpha value is -1.95. The maximum absolute atomic E-state index is 13.7. The van der Waals surface area contributed by atoms with Crippen molar-refractivity contribution in [3.05, 3.63) is 69.5 Å². The molecule has 0 N–H and O–H groups in total. The predicted molar refractivity (Wildman–Crippen MR) is 84.2 cm³/mol. The van der Waals surface area contributed by atoms with Gasteiger partial charge in [0.2, 0.25) is 0 Å². The zero-order valence-electron chi connectivity index (χ0n) is 11.4. The fourth-order valence-corrected chi connectivity index (χ4v) is 2.52. The second-order valence-corrected chi connectivity index (χ2v) is 5.21. The molecule has 2 aromatic rings. The first-order chi connectivity index (χ1) is 10.0. The molecule has 0 amide bonds. The van der Waals surface area contributed by atoms with Gasteiger partial charge in [0.1, 0.15) is 5.82 Å². The first-order valence-electron chi connectivity index (χ1n) is 6.30. The maximum Gasteiger partial charge on any atom is 0.273 e. The number of hydrogen-bond acceptors (Lipinski definition) is 3. The van der Waals surface area contributed by atoms with E-state index < -0.39 is 4.92 Å². The number of nitrogens with zero attached hydrogens (tertiary/aromatic N) is 2. The van der Waals surface area contributed by atoms with Crippen LogP contribution in [-0.2, 0) is 11.9 Å². The van der Waals surface area contributed by atoms with Crippen LogP contribution in [0.2, 0.25) is 0 Å². The minimum absolute atomic E-state index is 0.0786. The topological polar surface area (TPSA) is 46.4 Å². The van der Waals surface area contributed by atoms with E-state index >= 15 is 0 Å². The largest absolute Gasteiger partial charge is 0.370 e. The summed E-state index contributed by atoms with van der Waals surface area (Å²) < 4.78 is 13.7. The van der Waals surface area contributed by atoms with Gasteiger partial charge in [-0.15, -0.1) is 0 Å². The highest BCUT2D eigenvalue weighted by Crippen LogP contribution is 2.27. The molecule has 0 aliphatic rings. The summed E-state index contributed by atoms with van der Waals surface area (Å²) in [5.41, 5.74) is 2.06. The zero-order chi connectivity index (χ0) is 15.4. The van der Waals surface area contributed by atoms with E-state index in [1.807, 2.05) is 11.9 Å². The van der Waals surface area contributed by atoms with Gasteiger partial charge in [0.25, 0.3) is 5.69 Å². The van der Waals surface area contributed by atoms with E-state index in [9.17, 15) is 14.5 Å². The van der Waals surface area contributed by atoms with Crippen LogP contribution < -0.4 is 4.90 Å². The van der Waals surface area contributed by atoms with E-state index in [4.69, 9.17) is 0 Å². The number of nitro groups is 1. The van der Waals surface area contributed by atoms with Crippen LogP contribution in [0.1, 0.15) is 11.1 Å². The third-order valence-electron chi connectivity index (χ3n) is 3.21. The summed E-state index contributed by atoms with van der Waals surface area (Å²) in [5, 5.41) is 11.3. The van der Waals surface area contributed by atoms with E-state index in [1.54, 1.807) is 30.3 Å². The Balaban J connectivity index is 2.25. The lowest BCUT2D eigenvalue weighted by Crippen LogP contribution is -2.17. The number of rotatable bonds is 5. The SMILES string of the molecule is CN(Cc1ccccc1F)c1ccc([N+](=O)[O-])c(CBr)c1. The second-order valence-electron chi connectivity index (χ2n) is 4.65. The summed E-state index contributed by atoms with van der Waals surface area (Å²) in [7, 11) is 1.83. The molecule has 2 aromatic carbocycles. The molecular formula is C15H14BrFN2O2. The Morgan fingerprint density at radius 3 is 2.57 bits per heavy atom. The molecule has 0 fully saturated rings. The molecule has 0 bridgehead atoms. The molecular weight excluding hydrogens is 339 g/mol. The molecule has 0 saturated heterocycles. The fourth-order valence-electron chi connectivity index (χ4n) is 2.07. The van der Waals surface area contributed by atoms with Gasteiger partial charge in [0, 0.05) is 41.8 Å². The van der Waals surface area contributed by atoms with Gasteiger partial charge in [-0.1, -0.05) is 34.1 Å². The Morgan fingerprint density at radius 2 is 1.95 bits per heavy atom. The molecule has 0 radical (unpaired) electrons. The standard InChI is InChI=1S/C15H14BrFN2O2/c1-18(10-11-4-2-3-5-14(11)17)13-6-7-15(19(20)21)12(8-13)9-16/h2-8H,9-10H2,1H3. The summed E-state index contributed by atoms with van der Waals surface area (Å²) >= 11 is 3.26. The molecule has 0 heterocycles. The van der Waals surface area contributed by atoms with Gasteiger partial charge in [0.05, 0.1) is 4.92 Å². The molecule has 110 valence electrons. The summed E-state index contributed by atoms with van der Waals surface area (Å²) in [6, 6.07) is 11.5. The van der Waals surface area contributed by atoms with Crippen LogP contribution in [0.3, 0.4) is 0 Å². The number of halogens is 2. The van der Waals surface area contributed by atoms with Crippen molar-refractivity contribution in [1.82, 2.24) is 0 Å². The molecule has 0 atom stereocenters. The van der Waals surface area contributed by atoms with Crippen molar-refractivity contribution in [2.75, 3.05) is 11.9 Å². The first-order valence-corrected chi connectivity index (χ1v) is 7.43. The van der Waals surface area contributed by atoms with Gasteiger partial charge in [-0.25, -0.2) is 4.39 Å². The van der Waals surface area contributed by atoms with Gasteiger partial charge in [-0.3, -0.25) is 10.1 Å². The summed E-state index contributed by atoms with van der Waals surface area (Å²) in [6.45, 7) is 0.395. The molecule has 4 nitrogen and oxygen atoms in total. The van der Waals surface area contributed by atoms with Gasteiger partial charge in [-0.05, 0) is 18.2 Å². The number of nitro benzene ring substituents is 1. The fraction of sp³-hybridized carbons (Fsp3) is 0.200. The monoisotopic (exact) mass is 352 g/mol. The van der Waals surface area contributed by atoms with Crippen LogP contribution in [0.15, 0.2) is 42.5 Å². The Labute approximate surface area is 130 Å². The molecule has 0 spiro atoms. The number of alkyl halides is 1. The van der Waals surface area contributed by atoms with E-state index in [0.717, 1.165) is 5.69 Å². The smallest absolute Gasteiger partial charge is 0.273 e. The average molecular weight is 353 g/mol. The molecule has 6 heteroatoms. The minimum atomic E-state index is -0.406. The quantitative estimate of drug-likeness (QED) is 0.458. The van der Waals surface area contributed by atoms with Crippen molar-refractivity contribution in [2.24, 2.45) is 0 Å². The molecule has 21 heavy (non-hydrogen) atoms. The van der Waals surface area contributed by atoms with Crippen LogP contribution in [0.5, 0.6) is 0 Å². The van der Waals surface area contributed by atoms with Gasteiger partial charge < -0.3 is 4.90 Å². The summed E-state index contributed by atoms with van der Waals surface area (Å²) in [6.07, 6.45) is 0. The minimum Gasteiger partial charge on any atom is -0.370 e. The zero-order valence-corrected chi connectivity index (χ0v) is 13.0. The van der Waals surface area contributed by atoms with Crippen molar-refractivity contribution in [3.8, 4) is 0 Å². The van der Waals surface area contributed by atoms with Crippen LogP contribution in [0.4, 0.5) is 15.8 Å². The van der Waals surface area contributed by atoms with E-state index in [2.05, 4.69) is 15.9 Å². The third-order valence-corrected chi connectivity index (χ3v) is 3.81. The Morgan fingerprint density at radius 1 is 1.24 bits per heavy atom. The molecule has 0 unspecified atom stereocenters. The highest BCUT2D eigenvalue weighted by molar-refractivity contribution is 9.08. The van der Waals surface area contributed by atoms with Gasteiger partial charge in [0.15, 0.2) is 0 Å². The van der Waals surface area contributed by atoms with Crippen LogP contribution in [0.25, 0.3) is 0 Å². The lowest BCUT2D eigenvalue weighted by atomic mass is 10.1. The summed E-state index contributed by atoms with van der Waals surface area (Å²) in [5.74, 6) is -0.257. The number of anilines is 1. The maximum atomic E-state index is 13.7. The summed E-state index contributed by atoms with van der Waals surface area (Å²) in [4.78, 5) is 12.4. The number of benzene rings is 2. The van der Waals surface area contributed by atoms with Crippen molar-refractivity contribution in [3.63, 3.8) is 0 Å². The normalized spacial score (nSPS) is 10.4. The number of hydrogen-bond donors (Lipinski definition) is 0. The van der Waals surface area contributed by atoms with Crippen molar-refractivity contribution < 1.29 is 9.31 Å². The highest BCUT2D eigenvalue weighted by Gasteiger charge is 2.15. The van der Waals surface area contributed by atoms with Crippen LogP contribution >= 0.6 is 15.9 Å². The highest BCUT2D eigenvalue weighted by atomic mass is 79.9. The van der Waals surface area contributed by atoms with E-state index in [1.165, 1.54) is 12.1 Å². The van der Waals surface area contributed by atoms with Crippen molar-refractivity contribution in [2.45, 2.75) is 11.9 Å². The average Bonchev–Trinajstić information content (AvgIpc) is 2.48. The van der Waals surface area contributed by atoms with Gasteiger partial charge in [-0.2, -0.15) is 0 Å². The molecule has 0 saturated carbocycles. The predicted octanol–water partition coefficient (Wildman–Crippen LogP) is 4.27. The lowest BCUT2D eigenvalue weighted by Gasteiger charge is -2.20. The van der Waals surface area contributed by atoms with Crippen LogP contribution in [0, 0.1) is 15.9 Å². The Bertz CT molecular complexity index is 664. The van der Waals surface area contributed by atoms with Crippen LogP contribution in [-0.4, -0.2) is 12.0 Å². The molecule has 0 aliphatic carbocycles. The Kier molecular flexibility index (Phi) is 4.90. The lowest BCUT2D eigenvalue weighted by molar-refractivity contribution is -0.385. The molecule has 0 aliphatic heterocycles. The van der Waals surface area contributed by atoms with Crippen molar-refractivity contribution in [1.29, 1.82) is 0 Å². The molecule has 2 rings (SSSR count). The van der Waals surface area contributed by atoms with Gasteiger partial charge >= 0.3 is 0 Å².